The van der Waals surface area contributed by atoms with Crippen molar-refractivity contribution in [3.05, 3.63) is 35.0 Å². The van der Waals surface area contributed by atoms with Gasteiger partial charge in [0.05, 0.1) is 6.61 Å². The third-order valence-electron chi connectivity index (χ3n) is 3.61. The second-order valence-corrected chi connectivity index (χ2v) is 5.35. The van der Waals surface area contributed by atoms with Crippen molar-refractivity contribution < 1.29 is 13.9 Å². The van der Waals surface area contributed by atoms with Crippen molar-refractivity contribution >= 4 is 28.4 Å². The van der Waals surface area contributed by atoms with E-state index in [-0.39, 0.29) is 5.78 Å². The van der Waals surface area contributed by atoms with Crippen LogP contribution in [0.1, 0.15) is 17.5 Å². The highest BCUT2D eigenvalue weighted by Gasteiger charge is 2.29. The molecule has 106 valence electrons. The number of nitrogens with zero attached hydrogens (tertiary/aromatic N) is 1. The second-order valence-electron chi connectivity index (χ2n) is 4.91. The maximum absolute atomic E-state index is 12.4. The molecular formula is C15H16ClNO3. The minimum atomic E-state index is -0.445. The van der Waals surface area contributed by atoms with Crippen LogP contribution in [0.25, 0.3) is 11.0 Å². The SMILES string of the molecule is CCN1CCOC(C(=O)c2cc3cc(Cl)ccc3o2)C1. The number of ether oxygens (including phenoxy) is 1. The first kappa shape index (κ1) is 13.6. The lowest BCUT2D eigenvalue weighted by Gasteiger charge is -2.30. The molecule has 2 aromatic rings. The molecule has 3 rings (SSSR count). The average Bonchev–Trinajstić information content (AvgIpc) is 2.89. The van der Waals surface area contributed by atoms with Crippen LogP contribution in [0, 0.1) is 0 Å². The van der Waals surface area contributed by atoms with Crippen LogP contribution in [-0.4, -0.2) is 43.0 Å². The van der Waals surface area contributed by atoms with Gasteiger partial charge >= 0.3 is 0 Å². The van der Waals surface area contributed by atoms with E-state index in [1.54, 1.807) is 24.3 Å². The molecule has 2 heterocycles. The number of hydrogen-bond donors (Lipinski definition) is 0. The Bertz CT molecular complexity index is 637. The summed E-state index contributed by atoms with van der Waals surface area (Å²) >= 11 is 5.94. The molecule has 0 aliphatic carbocycles. The zero-order chi connectivity index (χ0) is 14.1. The van der Waals surface area contributed by atoms with E-state index < -0.39 is 6.10 Å². The van der Waals surface area contributed by atoms with Crippen molar-refractivity contribution in [1.29, 1.82) is 0 Å². The molecule has 1 unspecified atom stereocenters. The standard InChI is InChI=1S/C15H16ClNO3/c1-2-17-5-6-19-14(9-17)15(18)13-8-10-7-11(16)3-4-12(10)20-13/h3-4,7-8,14H,2,5-6,9H2,1H3. The molecule has 1 aromatic heterocycles. The monoisotopic (exact) mass is 293 g/mol. The molecule has 0 N–H and O–H groups in total. The van der Waals surface area contributed by atoms with E-state index in [4.69, 9.17) is 20.8 Å². The third-order valence-corrected chi connectivity index (χ3v) is 3.85. The van der Waals surface area contributed by atoms with Gasteiger partial charge in [-0.15, -0.1) is 0 Å². The van der Waals surface area contributed by atoms with Crippen LogP contribution in [0.15, 0.2) is 28.7 Å². The van der Waals surface area contributed by atoms with Gasteiger partial charge in [0.1, 0.15) is 11.7 Å². The number of Topliss-reactive ketones (excluding diaryl/α,β-unsaturated/α-hetero) is 1. The number of morpholine rings is 1. The van der Waals surface area contributed by atoms with E-state index in [1.807, 2.05) is 0 Å². The molecule has 0 saturated carbocycles. The average molecular weight is 294 g/mol. The van der Waals surface area contributed by atoms with Gasteiger partial charge in [-0.2, -0.15) is 0 Å². The van der Waals surface area contributed by atoms with Gasteiger partial charge in [-0.3, -0.25) is 9.69 Å². The van der Waals surface area contributed by atoms with Crippen LogP contribution in [0.3, 0.4) is 0 Å². The quantitative estimate of drug-likeness (QED) is 0.816. The molecule has 1 fully saturated rings. The highest BCUT2D eigenvalue weighted by molar-refractivity contribution is 6.31. The summed E-state index contributed by atoms with van der Waals surface area (Å²) in [6.45, 7) is 5.07. The Morgan fingerprint density at radius 1 is 1.45 bits per heavy atom. The Morgan fingerprint density at radius 2 is 2.30 bits per heavy atom. The summed E-state index contributed by atoms with van der Waals surface area (Å²) in [6.07, 6.45) is -0.445. The Kier molecular flexibility index (Phi) is 3.78. The van der Waals surface area contributed by atoms with E-state index in [1.165, 1.54) is 0 Å². The normalized spacial score (nSPS) is 20.4. The Balaban J connectivity index is 1.84. The minimum absolute atomic E-state index is 0.101. The van der Waals surface area contributed by atoms with Gasteiger partial charge in [0.2, 0.25) is 5.78 Å². The van der Waals surface area contributed by atoms with E-state index in [9.17, 15) is 4.79 Å². The molecule has 0 bridgehead atoms. The fourth-order valence-corrected chi connectivity index (χ4v) is 2.62. The number of fused-ring (bicyclic) bond motifs is 1. The summed E-state index contributed by atoms with van der Waals surface area (Å²) < 4.78 is 11.2. The zero-order valence-corrected chi connectivity index (χ0v) is 12.0. The van der Waals surface area contributed by atoms with Crippen molar-refractivity contribution in [1.82, 2.24) is 4.90 Å². The lowest BCUT2D eigenvalue weighted by atomic mass is 10.1. The Hall–Kier alpha value is -1.36. The maximum Gasteiger partial charge on any atom is 0.227 e. The van der Waals surface area contributed by atoms with Gasteiger partial charge in [-0.05, 0) is 30.8 Å². The Morgan fingerprint density at radius 3 is 3.10 bits per heavy atom. The molecule has 5 heteroatoms. The highest BCUT2D eigenvalue weighted by atomic mass is 35.5. The number of rotatable bonds is 3. The van der Waals surface area contributed by atoms with E-state index in [0.29, 0.717) is 29.5 Å². The van der Waals surface area contributed by atoms with Gasteiger partial charge in [-0.25, -0.2) is 0 Å². The van der Waals surface area contributed by atoms with Gasteiger partial charge in [-0.1, -0.05) is 18.5 Å². The number of furan rings is 1. The van der Waals surface area contributed by atoms with Crippen LogP contribution in [-0.2, 0) is 4.74 Å². The molecule has 1 aromatic carbocycles. The molecule has 1 saturated heterocycles. The summed E-state index contributed by atoms with van der Waals surface area (Å²) in [5.41, 5.74) is 0.668. The summed E-state index contributed by atoms with van der Waals surface area (Å²) in [7, 11) is 0. The first-order valence-electron chi connectivity index (χ1n) is 6.74. The number of halogens is 1. The largest absolute Gasteiger partial charge is 0.453 e. The molecule has 1 aliphatic heterocycles. The lowest BCUT2D eigenvalue weighted by molar-refractivity contribution is -0.0160. The van der Waals surface area contributed by atoms with E-state index in [0.717, 1.165) is 18.5 Å². The molecular weight excluding hydrogens is 278 g/mol. The van der Waals surface area contributed by atoms with Crippen molar-refractivity contribution in [3.63, 3.8) is 0 Å². The summed E-state index contributed by atoms with van der Waals surface area (Å²) in [4.78, 5) is 14.6. The number of likely N-dealkylation sites (N-methyl/N-ethyl adjacent to an activating group) is 1. The van der Waals surface area contributed by atoms with Crippen molar-refractivity contribution in [2.75, 3.05) is 26.2 Å². The molecule has 4 nitrogen and oxygen atoms in total. The van der Waals surface area contributed by atoms with Crippen LogP contribution >= 0.6 is 11.6 Å². The number of hydrogen-bond acceptors (Lipinski definition) is 4. The van der Waals surface area contributed by atoms with Crippen LogP contribution in [0.2, 0.25) is 5.02 Å². The van der Waals surface area contributed by atoms with Crippen molar-refractivity contribution in [3.8, 4) is 0 Å². The number of carbonyl (C=O) groups excluding carboxylic acids is 1. The topological polar surface area (TPSA) is 42.7 Å². The molecule has 1 atom stereocenters. The van der Waals surface area contributed by atoms with Gasteiger partial charge in [0, 0.05) is 23.5 Å². The minimum Gasteiger partial charge on any atom is -0.453 e. The van der Waals surface area contributed by atoms with E-state index >= 15 is 0 Å². The molecule has 0 radical (unpaired) electrons. The number of carbonyl (C=O) groups is 1. The highest BCUT2D eigenvalue weighted by Crippen LogP contribution is 2.24. The fourth-order valence-electron chi connectivity index (χ4n) is 2.44. The fraction of sp³-hybridized carbons (Fsp3) is 0.400. The van der Waals surface area contributed by atoms with Crippen LogP contribution in [0.4, 0.5) is 0 Å². The summed E-state index contributed by atoms with van der Waals surface area (Å²) in [6, 6.07) is 7.04. The van der Waals surface area contributed by atoms with Crippen molar-refractivity contribution in [2.45, 2.75) is 13.0 Å². The molecule has 1 aliphatic rings. The maximum atomic E-state index is 12.4. The van der Waals surface area contributed by atoms with Gasteiger partial charge < -0.3 is 9.15 Å². The molecule has 0 spiro atoms. The molecule has 20 heavy (non-hydrogen) atoms. The third kappa shape index (κ3) is 2.59. The van der Waals surface area contributed by atoms with Gasteiger partial charge in [0.25, 0.3) is 0 Å². The smallest absolute Gasteiger partial charge is 0.227 e. The van der Waals surface area contributed by atoms with Crippen LogP contribution in [0.5, 0.6) is 0 Å². The Labute approximate surface area is 122 Å². The first-order chi connectivity index (χ1) is 9.67. The van der Waals surface area contributed by atoms with Crippen LogP contribution < -0.4 is 0 Å². The summed E-state index contributed by atoms with van der Waals surface area (Å²) in [5.74, 6) is 0.237. The first-order valence-corrected chi connectivity index (χ1v) is 7.12. The van der Waals surface area contributed by atoms with Gasteiger partial charge in [0.15, 0.2) is 5.76 Å². The number of benzene rings is 1. The predicted octanol–water partition coefficient (Wildman–Crippen LogP) is 2.99. The zero-order valence-electron chi connectivity index (χ0n) is 11.3. The second kappa shape index (κ2) is 5.56. The summed E-state index contributed by atoms with van der Waals surface area (Å²) in [5, 5.41) is 1.47. The molecule has 0 amide bonds. The number of ketones is 1. The van der Waals surface area contributed by atoms with Crippen molar-refractivity contribution in [2.24, 2.45) is 0 Å². The lowest BCUT2D eigenvalue weighted by Crippen LogP contribution is -2.45. The van der Waals surface area contributed by atoms with E-state index in [2.05, 4.69) is 11.8 Å². The predicted molar refractivity (Wildman–Crippen MR) is 77.4 cm³/mol.